The van der Waals surface area contributed by atoms with Gasteiger partial charge in [0.1, 0.15) is 11.5 Å². The number of aromatic nitrogens is 1. The second-order valence-corrected chi connectivity index (χ2v) is 8.99. The average molecular weight is 441 g/mol. The number of thiazole rings is 1. The third-order valence-electron chi connectivity index (χ3n) is 3.54. The van der Waals surface area contributed by atoms with Crippen LogP contribution in [0.2, 0.25) is 4.34 Å². The predicted molar refractivity (Wildman–Crippen MR) is 115 cm³/mol. The molecule has 0 spiro atoms. The fourth-order valence-electron chi connectivity index (χ4n) is 2.29. The molecule has 0 aliphatic rings. The van der Waals surface area contributed by atoms with Crippen molar-refractivity contribution in [2.24, 2.45) is 0 Å². The van der Waals surface area contributed by atoms with Crippen molar-refractivity contribution >= 4 is 57.1 Å². The van der Waals surface area contributed by atoms with Gasteiger partial charge in [-0.2, -0.15) is 0 Å². The first-order chi connectivity index (χ1) is 13.1. The summed E-state index contributed by atoms with van der Waals surface area (Å²) in [6, 6.07) is 9.39. The SMILES string of the molecule is COc1ccc(-c2csc(NC(=O)CSCc3ccc(Cl)s3)n2)c(OC)c1. The minimum atomic E-state index is -0.0785. The Morgan fingerprint density at radius 1 is 1.26 bits per heavy atom. The van der Waals surface area contributed by atoms with Crippen LogP contribution in [-0.2, 0) is 10.5 Å². The van der Waals surface area contributed by atoms with Gasteiger partial charge in [-0.3, -0.25) is 4.79 Å². The number of thioether (sulfide) groups is 1. The number of carbonyl (C=O) groups excluding carboxylic acids is 1. The highest BCUT2D eigenvalue weighted by Crippen LogP contribution is 2.35. The highest BCUT2D eigenvalue weighted by atomic mass is 35.5. The van der Waals surface area contributed by atoms with Crippen LogP contribution in [0.4, 0.5) is 5.13 Å². The molecule has 1 amide bonds. The largest absolute Gasteiger partial charge is 0.497 e. The highest BCUT2D eigenvalue weighted by molar-refractivity contribution is 7.99. The van der Waals surface area contributed by atoms with Crippen LogP contribution in [0.3, 0.4) is 0 Å². The number of carbonyl (C=O) groups is 1. The molecule has 0 unspecified atom stereocenters. The zero-order valence-corrected chi connectivity index (χ0v) is 17.9. The van der Waals surface area contributed by atoms with Gasteiger partial charge in [0.2, 0.25) is 5.91 Å². The molecule has 0 radical (unpaired) electrons. The lowest BCUT2D eigenvalue weighted by Crippen LogP contribution is -2.13. The Balaban J connectivity index is 1.58. The first-order valence-corrected chi connectivity index (χ1v) is 11.1. The van der Waals surface area contributed by atoms with Crippen molar-refractivity contribution in [1.29, 1.82) is 0 Å². The highest BCUT2D eigenvalue weighted by Gasteiger charge is 2.13. The molecule has 1 N–H and O–H groups in total. The number of thiophene rings is 1. The summed E-state index contributed by atoms with van der Waals surface area (Å²) in [6.45, 7) is 0. The van der Waals surface area contributed by atoms with Gasteiger partial charge in [0.15, 0.2) is 5.13 Å². The van der Waals surface area contributed by atoms with Crippen LogP contribution in [-0.4, -0.2) is 30.9 Å². The number of amides is 1. The predicted octanol–water partition coefficient (Wildman–Crippen LogP) is 5.41. The maximum absolute atomic E-state index is 12.1. The van der Waals surface area contributed by atoms with Gasteiger partial charge in [-0.15, -0.1) is 34.4 Å². The van der Waals surface area contributed by atoms with Gasteiger partial charge in [-0.05, 0) is 24.3 Å². The van der Waals surface area contributed by atoms with E-state index in [-0.39, 0.29) is 5.91 Å². The van der Waals surface area contributed by atoms with Crippen molar-refractivity contribution in [2.75, 3.05) is 25.3 Å². The quantitative estimate of drug-likeness (QED) is 0.507. The molecule has 1 aromatic carbocycles. The Morgan fingerprint density at radius 3 is 2.81 bits per heavy atom. The second kappa shape index (κ2) is 9.45. The standard InChI is InChI=1S/C18H17ClN2O3S3/c1-23-11-3-5-13(15(7-11)24-2)14-9-26-18(20-14)21-17(22)10-25-8-12-4-6-16(19)27-12/h3-7,9H,8,10H2,1-2H3,(H,20,21,22). The number of nitrogens with one attached hydrogen (secondary N) is 1. The van der Waals surface area contributed by atoms with E-state index in [0.29, 0.717) is 22.4 Å². The van der Waals surface area contributed by atoms with Crippen molar-refractivity contribution in [3.05, 3.63) is 44.9 Å². The van der Waals surface area contributed by atoms with Crippen LogP contribution in [0.1, 0.15) is 4.88 Å². The first kappa shape index (κ1) is 20.0. The fourth-order valence-corrected chi connectivity index (χ4v) is 5.05. The number of nitrogens with zero attached hydrogens (tertiary/aromatic N) is 1. The van der Waals surface area contributed by atoms with E-state index in [4.69, 9.17) is 21.1 Å². The molecule has 0 bridgehead atoms. The Kier molecular flexibility index (Phi) is 7.01. The number of rotatable bonds is 8. The van der Waals surface area contributed by atoms with E-state index in [1.54, 1.807) is 32.0 Å². The second-order valence-electron chi connectivity index (χ2n) is 5.35. The number of ether oxygens (including phenoxy) is 2. The summed E-state index contributed by atoms with van der Waals surface area (Å²) in [5, 5.41) is 5.30. The molecule has 0 saturated heterocycles. The van der Waals surface area contributed by atoms with Gasteiger partial charge < -0.3 is 14.8 Å². The molecular weight excluding hydrogens is 424 g/mol. The molecule has 5 nitrogen and oxygen atoms in total. The van der Waals surface area contributed by atoms with Gasteiger partial charge in [-0.25, -0.2) is 4.98 Å². The number of methoxy groups -OCH3 is 2. The molecule has 2 heterocycles. The van der Waals surface area contributed by atoms with E-state index in [0.717, 1.165) is 26.2 Å². The Morgan fingerprint density at radius 2 is 2.11 bits per heavy atom. The zero-order valence-electron chi connectivity index (χ0n) is 14.7. The summed E-state index contributed by atoms with van der Waals surface area (Å²) in [5.74, 6) is 2.42. The smallest absolute Gasteiger partial charge is 0.236 e. The monoisotopic (exact) mass is 440 g/mol. The fraction of sp³-hybridized carbons (Fsp3) is 0.222. The lowest BCUT2D eigenvalue weighted by atomic mass is 10.1. The maximum atomic E-state index is 12.1. The maximum Gasteiger partial charge on any atom is 0.236 e. The summed E-state index contributed by atoms with van der Waals surface area (Å²) in [6.07, 6.45) is 0. The van der Waals surface area contributed by atoms with Gasteiger partial charge in [0.05, 0.1) is 30.0 Å². The molecule has 2 aromatic heterocycles. The van der Waals surface area contributed by atoms with E-state index in [9.17, 15) is 4.79 Å². The van der Waals surface area contributed by atoms with Crippen molar-refractivity contribution in [3.8, 4) is 22.8 Å². The minimum Gasteiger partial charge on any atom is -0.497 e. The molecule has 0 aliphatic heterocycles. The van der Waals surface area contributed by atoms with Gasteiger partial charge in [0.25, 0.3) is 0 Å². The summed E-state index contributed by atoms with van der Waals surface area (Å²) in [7, 11) is 3.21. The van der Waals surface area contributed by atoms with E-state index >= 15 is 0 Å². The summed E-state index contributed by atoms with van der Waals surface area (Å²) in [4.78, 5) is 17.8. The van der Waals surface area contributed by atoms with Crippen LogP contribution in [0.15, 0.2) is 35.7 Å². The molecular formula is C18H17ClN2O3S3. The molecule has 142 valence electrons. The lowest BCUT2D eigenvalue weighted by Gasteiger charge is -2.08. The van der Waals surface area contributed by atoms with Crippen molar-refractivity contribution in [3.63, 3.8) is 0 Å². The normalized spacial score (nSPS) is 10.6. The molecule has 0 saturated carbocycles. The first-order valence-electron chi connectivity index (χ1n) is 7.88. The summed E-state index contributed by atoms with van der Waals surface area (Å²) in [5.41, 5.74) is 1.59. The third kappa shape index (κ3) is 5.38. The topological polar surface area (TPSA) is 60.5 Å². The molecule has 3 rings (SSSR count). The van der Waals surface area contributed by atoms with Gasteiger partial charge in [-0.1, -0.05) is 11.6 Å². The van der Waals surface area contributed by atoms with Crippen LogP contribution < -0.4 is 14.8 Å². The van der Waals surface area contributed by atoms with Crippen LogP contribution in [0.5, 0.6) is 11.5 Å². The van der Waals surface area contributed by atoms with Crippen LogP contribution in [0.25, 0.3) is 11.3 Å². The number of halogens is 1. The number of benzene rings is 1. The Bertz CT molecular complexity index is 926. The molecule has 0 atom stereocenters. The number of hydrogen-bond acceptors (Lipinski definition) is 7. The molecule has 0 fully saturated rings. The van der Waals surface area contributed by atoms with E-state index in [2.05, 4.69) is 10.3 Å². The zero-order chi connectivity index (χ0) is 19.2. The van der Waals surface area contributed by atoms with Crippen LogP contribution >= 0.6 is 46.0 Å². The number of anilines is 1. The molecule has 0 aliphatic carbocycles. The van der Waals surface area contributed by atoms with E-state index in [1.165, 1.54) is 22.7 Å². The summed E-state index contributed by atoms with van der Waals surface area (Å²) < 4.78 is 11.4. The molecule has 3 aromatic rings. The summed E-state index contributed by atoms with van der Waals surface area (Å²) >= 11 is 10.4. The van der Waals surface area contributed by atoms with Gasteiger partial charge in [0, 0.05) is 27.6 Å². The number of hydrogen-bond donors (Lipinski definition) is 1. The average Bonchev–Trinajstić information content (AvgIpc) is 3.30. The molecule has 27 heavy (non-hydrogen) atoms. The van der Waals surface area contributed by atoms with E-state index in [1.807, 2.05) is 29.6 Å². The third-order valence-corrected chi connectivity index (χ3v) is 6.69. The van der Waals surface area contributed by atoms with Crippen molar-refractivity contribution in [1.82, 2.24) is 4.98 Å². The molecule has 9 heteroatoms. The van der Waals surface area contributed by atoms with Crippen molar-refractivity contribution < 1.29 is 14.3 Å². The van der Waals surface area contributed by atoms with Crippen LogP contribution in [0, 0.1) is 0 Å². The Hall–Kier alpha value is -1.74. The van der Waals surface area contributed by atoms with Crippen molar-refractivity contribution in [2.45, 2.75) is 5.75 Å². The van der Waals surface area contributed by atoms with E-state index < -0.39 is 0 Å². The Labute approximate surface area is 174 Å². The van der Waals surface area contributed by atoms with Gasteiger partial charge >= 0.3 is 0 Å². The minimum absolute atomic E-state index is 0.0785. The lowest BCUT2D eigenvalue weighted by molar-refractivity contribution is -0.113.